The van der Waals surface area contributed by atoms with Gasteiger partial charge in [-0.05, 0) is 83.5 Å². The third-order valence-corrected chi connectivity index (χ3v) is 7.08. The van der Waals surface area contributed by atoms with Gasteiger partial charge in [-0.1, -0.05) is 20.3 Å². The highest BCUT2D eigenvalue weighted by molar-refractivity contribution is 5.82. The number of hydrogen-bond acceptors (Lipinski definition) is 4. The molecule has 3 aliphatic rings. The minimum absolute atomic E-state index is 0.00584. The monoisotopic (exact) mass is 364 g/mol. The zero-order valence-corrected chi connectivity index (χ0v) is 17.3. The van der Waals surface area contributed by atoms with Crippen molar-refractivity contribution in [1.29, 1.82) is 0 Å². The molecule has 0 aromatic carbocycles. The number of fused-ring (bicyclic) bond motifs is 1. The minimum Gasteiger partial charge on any atom is -0.350 e. The lowest BCUT2D eigenvalue weighted by Crippen LogP contribution is -2.58. The lowest BCUT2D eigenvalue weighted by molar-refractivity contribution is -0.124. The van der Waals surface area contributed by atoms with E-state index in [1.807, 2.05) is 0 Å². The molecule has 150 valence electrons. The molecule has 26 heavy (non-hydrogen) atoms. The van der Waals surface area contributed by atoms with Gasteiger partial charge in [0.1, 0.15) is 0 Å². The topological polar surface area (TPSA) is 56.4 Å². The molecule has 0 aromatic rings. The summed E-state index contributed by atoms with van der Waals surface area (Å²) in [6, 6.07) is 1.18. The van der Waals surface area contributed by atoms with Crippen molar-refractivity contribution in [3.8, 4) is 0 Å². The molecular weight excluding hydrogens is 324 g/mol. The van der Waals surface area contributed by atoms with Crippen molar-refractivity contribution in [1.82, 2.24) is 20.9 Å². The summed E-state index contributed by atoms with van der Waals surface area (Å²) < 4.78 is 0. The van der Waals surface area contributed by atoms with E-state index in [-0.39, 0.29) is 18.0 Å². The molecule has 5 nitrogen and oxygen atoms in total. The Kier molecular flexibility index (Phi) is 6.98. The number of carbonyl (C=O) groups is 1. The molecule has 0 radical (unpaired) electrons. The van der Waals surface area contributed by atoms with Crippen LogP contribution in [-0.2, 0) is 4.79 Å². The van der Waals surface area contributed by atoms with Gasteiger partial charge in [0.05, 0.1) is 6.04 Å². The summed E-state index contributed by atoms with van der Waals surface area (Å²) in [4.78, 5) is 15.3. The number of amides is 1. The zero-order valence-electron chi connectivity index (χ0n) is 17.3. The highest BCUT2D eigenvalue weighted by Gasteiger charge is 2.42. The molecule has 3 N–H and O–H groups in total. The van der Waals surface area contributed by atoms with Crippen molar-refractivity contribution in [2.75, 3.05) is 27.2 Å². The Morgan fingerprint density at radius 3 is 2.62 bits per heavy atom. The Morgan fingerprint density at radius 1 is 1.15 bits per heavy atom. The molecule has 3 fully saturated rings. The van der Waals surface area contributed by atoms with E-state index in [9.17, 15) is 4.79 Å². The van der Waals surface area contributed by atoms with Crippen LogP contribution in [0.25, 0.3) is 0 Å². The summed E-state index contributed by atoms with van der Waals surface area (Å²) in [7, 11) is 4.22. The van der Waals surface area contributed by atoms with Gasteiger partial charge < -0.3 is 20.9 Å². The number of nitrogens with one attached hydrogen (secondary N) is 3. The predicted molar refractivity (Wildman–Crippen MR) is 107 cm³/mol. The average molecular weight is 365 g/mol. The first-order chi connectivity index (χ1) is 12.5. The Labute approximate surface area is 160 Å². The van der Waals surface area contributed by atoms with Gasteiger partial charge in [0.25, 0.3) is 0 Å². The second kappa shape index (κ2) is 9.03. The van der Waals surface area contributed by atoms with Gasteiger partial charge in [-0.2, -0.15) is 0 Å². The maximum atomic E-state index is 13.1. The van der Waals surface area contributed by atoms with Crippen LogP contribution in [0, 0.1) is 17.8 Å². The van der Waals surface area contributed by atoms with Crippen molar-refractivity contribution >= 4 is 5.91 Å². The highest BCUT2D eigenvalue weighted by Crippen LogP contribution is 2.36. The second-order valence-electron chi connectivity index (χ2n) is 9.46. The Balaban J connectivity index is 1.61. The summed E-state index contributed by atoms with van der Waals surface area (Å²) >= 11 is 0. The van der Waals surface area contributed by atoms with Crippen molar-refractivity contribution in [3.63, 3.8) is 0 Å². The van der Waals surface area contributed by atoms with Crippen LogP contribution in [0.5, 0.6) is 0 Å². The van der Waals surface area contributed by atoms with Gasteiger partial charge >= 0.3 is 0 Å². The van der Waals surface area contributed by atoms with Crippen LogP contribution in [-0.4, -0.2) is 62.2 Å². The summed E-state index contributed by atoms with van der Waals surface area (Å²) in [6.45, 7) is 6.76. The Hall–Kier alpha value is -0.650. The van der Waals surface area contributed by atoms with Gasteiger partial charge in [0, 0.05) is 18.1 Å². The highest BCUT2D eigenvalue weighted by atomic mass is 16.2. The zero-order chi connectivity index (χ0) is 18.7. The maximum Gasteiger partial charge on any atom is 0.237 e. The normalized spacial score (nSPS) is 38.8. The van der Waals surface area contributed by atoms with Gasteiger partial charge in [0.15, 0.2) is 0 Å². The summed E-state index contributed by atoms with van der Waals surface area (Å²) in [5.74, 6) is 2.25. The SMILES string of the molecule is CC1CCCC2CC(C(=O)NC(CCN(C)C)C3NCCCC3C)NC12. The van der Waals surface area contributed by atoms with Crippen LogP contribution >= 0.6 is 0 Å². The average Bonchev–Trinajstić information content (AvgIpc) is 3.05. The van der Waals surface area contributed by atoms with E-state index < -0.39 is 0 Å². The largest absolute Gasteiger partial charge is 0.350 e. The molecular formula is C21H40N4O. The summed E-state index contributed by atoms with van der Waals surface area (Å²) in [5, 5.41) is 10.8. The van der Waals surface area contributed by atoms with Gasteiger partial charge in [0.2, 0.25) is 5.91 Å². The third kappa shape index (κ3) is 4.79. The lowest BCUT2D eigenvalue weighted by atomic mass is 9.78. The molecule has 0 bridgehead atoms. The molecule has 7 atom stereocenters. The Morgan fingerprint density at radius 2 is 1.92 bits per heavy atom. The molecule has 7 unspecified atom stereocenters. The molecule has 5 heteroatoms. The van der Waals surface area contributed by atoms with Crippen LogP contribution in [0.4, 0.5) is 0 Å². The van der Waals surface area contributed by atoms with Gasteiger partial charge in [-0.25, -0.2) is 0 Å². The van der Waals surface area contributed by atoms with Gasteiger partial charge in [-0.15, -0.1) is 0 Å². The van der Waals surface area contributed by atoms with E-state index in [4.69, 9.17) is 0 Å². The fourth-order valence-corrected chi connectivity index (χ4v) is 5.51. The smallest absolute Gasteiger partial charge is 0.237 e. The summed E-state index contributed by atoms with van der Waals surface area (Å²) in [6.07, 6.45) is 8.46. The maximum absolute atomic E-state index is 13.1. The first-order valence-corrected chi connectivity index (χ1v) is 10.9. The summed E-state index contributed by atoms with van der Waals surface area (Å²) in [5.41, 5.74) is 0. The fourth-order valence-electron chi connectivity index (χ4n) is 5.51. The van der Waals surface area contributed by atoms with Crippen molar-refractivity contribution in [2.24, 2.45) is 17.8 Å². The molecule has 2 aliphatic heterocycles. The van der Waals surface area contributed by atoms with Crippen LogP contribution in [0.2, 0.25) is 0 Å². The molecule has 0 spiro atoms. The van der Waals surface area contributed by atoms with Crippen LogP contribution < -0.4 is 16.0 Å². The van der Waals surface area contributed by atoms with Crippen molar-refractivity contribution in [3.05, 3.63) is 0 Å². The molecule has 1 amide bonds. The molecule has 1 aliphatic carbocycles. The predicted octanol–water partition coefficient (Wildman–Crippen LogP) is 1.98. The van der Waals surface area contributed by atoms with E-state index >= 15 is 0 Å². The van der Waals surface area contributed by atoms with Crippen LogP contribution in [0.1, 0.15) is 58.8 Å². The van der Waals surface area contributed by atoms with Crippen molar-refractivity contribution < 1.29 is 4.79 Å². The minimum atomic E-state index is 0.00584. The second-order valence-corrected chi connectivity index (χ2v) is 9.46. The molecule has 1 saturated carbocycles. The number of carbonyl (C=O) groups excluding carboxylic acids is 1. The molecule has 2 saturated heterocycles. The van der Waals surface area contributed by atoms with Crippen LogP contribution in [0.15, 0.2) is 0 Å². The van der Waals surface area contributed by atoms with E-state index in [0.717, 1.165) is 25.9 Å². The van der Waals surface area contributed by atoms with E-state index in [2.05, 4.69) is 48.8 Å². The van der Waals surface area contributed by atoms with E-state index in [1.165, 1.54) is 32.1 Å². The quantitative estimate of drug-likeness (QED) is 0.675. The van der Waals surface area contributed by atoms with Crippen molar-refractivity contribution in [2.45, 2.75) is 83.0 Å². The number of nitrogens with zero attached hydrogens (tertiary/aromatic N) is 1. The Bertz CT molecular complexity index is 469. The van der Waals surface area contributed by atoms with Crippen LogP contribution in [0.3, 0.4) is 0 Å². The van der Waals surface area contributed by atoms with E-state index in [0.29, 0.717) is 29.8 Å². The van der Waals surface area contributed by atoms with E-state index in [1.54, 1.807) is 0 Å². The number of piperidine rings is 1. The number of hydrogen-bond donors (Lipinski definition) is 3. The first kappa shape index (κ1) is 20.1. The standard InChI is InChI=1S/C21H40N4O/c1-14-7-5-9-16-13-18(23-19(14)16)21(26)24-17(10-12-25(3)4)20-15(2)8-6-11-22-20/h14-20,22-23H,5-13H2,1-4H3,(H,24,26). The molecule has 2 heterocycles. The third-order valence-electron chi connectivity index (χ3n) is 7.08. The molecule has 3 rings (SSSR count). The number of rotatable bonds is 6. The van der Waals surface area contributed by atoms with Gasteiger partial charge in [-0.3, -0.25) is 4.79 Å². The lowest BCUT2D eigenvalue weighted by Gasteiger charge is -2.37. The fraction of sp³-hybridized carbons (Fsp3) is 0.952. The first-order valence-electron chi connectivity index (χ1n) is 10.9. The molecule has 0 aromatic heterocycles.